The molecule has 6 heteroatoms. The minimum atomic E-state index is -0.561. The van der Waals surface area contributed by atoms with Crippen LogP contribution in [-0.2, 0) is 4.79 Å². The van der Waals surface area contributed by atoms with Crippen molar-refractivity contribution in [3.05, 3.63) is 73.1 Å². The fraction of sp³-hybridized carbons (Fsp3) is 0.350. The van der Waals surface area contributed by atoms with Crippen molar-refractivity contribution in [2.24, 2.45) is 5.41 Å². The Morgan fingerprint density at radius 3 is 2.38 bits per heavy atom. The van der Waals surface area contributed by atoms with Gasteiger partial charge in [-0.2, -0.15) is 0 Å². The van der Waals surface area contributed by atoms with Crippen LogP contribution in [0.15, 0.2) is 45.1 Å². The number of carbonyl (C=O) groups excluding carboxylic acids is 1. The molecule has 0 radical (unpaired) electrons. The molecule has 1 aliphatic heterocycles. The highest BCUT2D eigenvalue weighted by molar-refractivity contribution is 6.01. The van der Waals surface area contributed by atoms with E-state index in [2.05, 4.69) is 15.3 Å². The molecule has 0 bridgehead atoms. The van der Waals surface area contributed by atoms with Crippen molar-refractivity contribution in [3.63, 3.8) is 0 Å². The van der Waals surface area contributed by atoms with E-state index in [4.69, 9.17) is 0 Å². The number of hydrogen-bond donors (Lipinski definition) is 3. The number of benzene rings is 1. The number of Topliss-reactive ketones (excluding diaryl/α,β-unsaturated/α-hetero) is 1. The highest BCUT2D eigenvalue weighted by Gasteiger charge is 2.42. The molecule has 4 rings (SSSR count). The average molecular weight is 351 g/mol. The van der Waals surface area contributed by atoms with Crippen LogP contribution in [0, 0.1) is 12.3 Å². The van der Waals surface area contributed by atoms with Crippen molar-refractivity contribution in [2.45, 2.75) is 39.5 Å². The maximum absolute atomic E-state index is 13.0. The molecule has 0 saturated heterocycles. The van der Waals surface area contributed by atoms with Gasteiger partial charge >= 0.3 is 5.69 Å². The molecule has 1 aromatic heterocycles. The van der Waals surface area contributed by atoms with Crippen molar-refractivity contribution in [1.29, 1.82) is 0 Å². The van der Waals surface area contributed by atoms with E-state index in [1.807, 2.05) is 45.0 Å². The number of nitrogens with one attached hydrogen (secondary N) is 3. The molecule has 1 aliphatic carbocycles. The second kappa shape index (κ2) is 5.56. The highest BCUT2D eigenvalue weighted by Crippen LogP contribution is 2.47. The number of aromatic amines is 2. The second-order valence-corrected chi connectivity index (χ2v) is 8.00. The summed E-state index contributed by atoms with van der Waals surface area (Å²) in [6.45, 7) is 6.09. The maximum atomic E-state index is 13.0. The largest absolute Gasteiger partial charge is 0.344 e. The van der Waals surface area contributed by atoms with E-state index >= 15 is 0 Å². The van der Waals surface area contributed by atoms with E-state index in [1.54, 1.807) is 0 Å². The summed E-state index contributed by atoms with van der Waals surface area (Å²) in [5.41, 5.74) is 2.60. The lowest BCUT2D eigenvalue weighted by molar-refractivity contribution is -0.118. The van der Waals surface area contributed by atoms with Crippen LogP contribution in [0.1, 0.15) is 49.3 Å². The maximum Gasteiger partial charge on any atom is 0.327 e. The van der Waals surface area contributed by atoms with Crippen molar-refractivity contribution in [3.8, 4) is 0 Å². The molecule has 0 spiro atoms. The standard InChI is InChI=1S/C20H21N3O3/c1-10-4-6-11(7-5-10)14-15-12(8-20(2,3)9-13(15)24)21-17-16(14)18(25)23-19(26)22-17/h4-7,14H,8-9H2,1-3H3,(H3,21,22,23,25,26). The predicted molar refractivity (Wildman–Crippen MR) is 99.4 cm³/mol. The van der Waals surface area contributed by atoms with Gasteiger partial charge in [0.25, 0.3) is 5.56 Å². The van der Waals surface area contributed by atoms with Gasteiger partial charge < -0.3 is 5.32 Å². The van der Waals surface area contributed by atoms with Gasteiger partial charge in [-0.3, -0.25) is 19.6 Å². The van der Waals surface area contributed by atoms with Crippen LogP contribution in [0.3, 0.4) is 0 Å². The predicted octanol–water partition coefficient (Wildman–Crippen LogP) is 2.57. The first-order chi connectivity index (χ1) is 12.2. The van der Waals surface area contributed by atoms with Crippen LogP contribution in [-0.4, -0.2) is 15.8 Å². The molecule has 0 saturated carbocycles. The van der Waals surface area contributed by atoms with Gasteiger partial charge in [-0.1, -0.05) is 43.7 Å². The number of fused-ring (bicyclic) bond motifs is 1. The van der Waals surface area contributed by atoms with Crippen LogP contribution >= 0.6 is 0 Å². The number of aromatic nitrogens is 2. The van der Waals surface area contributed by atoms with Gasteiger partial charge in [0.15, 0.2) is 5.78 Å². The smallest absolute Gasteiger partial charge is 0.327 e. The number of carbonyl (C=O) groups is 1. The molecule has 26 heavy (non-hydrogen) atoms. The summed E-state index contributed by atoms with van der Waals surface area (Å²) in [7, 11) is 0. The lowest BCUT2D eigenvalue weighted by atomic mass is 9.69. The summed E-state index contributed by atoms with van der Waals surface area (Å²) in [6.07, 6.45) is 1.12. The van der Waals surface area contributed by atoms with Crippen molar-refractivity contribution in [1.82, 2.24) is 9.97 Å². The van der Waals surface area contributed by atoms with Crippen LogP contribution in [0.4, 0.5) is 5.82 Å². The summed E-state index contributed by atoms with van der Waals surface area (Å²) < 4.78 is 0. The zero-order chi connectivity index (χ0) is 18.6. The van der Waals surface area contributed by atoms with Gasteiger partial charge in [0.1, 0.15) is 5.82 Å². The Balaban J connectivity index is 2.00. The van der Waals surface area contributed by atoms with E-state index in [0.29, 0.717) is 29.8 Å². The van der Waals surface area contributed by atoms with E-state index in [0.717, 1.165) is 16.8 Å². The Bertz CT molecular complexity index is 1050. The van der Waals surface area contributed by atoms with Crippen LogP contribution < -0.4 is 16.6 Å². The number of ketones is 1. The fourth-order valence-corrected chi connectivity index (χ4v) is 4.04. The number of aryl methyl sites for hydroxylation is 1. The van der Waals surface area contributed by atoms with E-state index in [-0.39, 0.29) is 11.2 Å². The Labute approximate surface area is 150 Å². The van der Waals surface area contributed by atoms with E-state index in [1.165, 1.54) is 0 Å². The molecule has 2 heterocycles. The molecule has 2 aliphatic rings. The molecule has 1 atom stereocenters. The van der Waals surface area contributed by atoms with Crippen molar-refractivity contribution < 1.29 is 4.79 Å². The molecular formula is C20H21N3O3. The van der Waals surface area contributed by atoms with Crippen molar-refractivity contribution >= 4 is 11.6 Å². The van der Waals surface area contributed by atoms with Gasteiger partial charge in [0.05, 0.1) is 5.56 Å². The number of H-pyrrole nitrogens is 2. The first-order valence-corrected chi connectivity index (χ1v) is 8.71. The topological polar surface area (TPSA) is 94.8 Å². The first kappa shape index (κ1) is 16.6. The SMILES string of the molecule is Cc1ccc(C2C3=C(CC(C)(C)CC3=O)Nc3[nH]c(=O)[nH]c(=O)c32)cc1. The van der Waals surface area contributed by atoms with E-state index < -0.39 is 17.2 Å². The van der Waals surface area contributed by atoms with Crippen LogP contribution in [0.5, 0.6) is 0 Å². The number of rotatable bonds is 1. The van der Waals surface area contributed by atoms with Gasteiger partial charge in [0.2, 0.25) is 0 Å². The molecule has 1 unspecified atom stereocenters. The first-order valence-electron chi connectivity index (χ1n) is 8.71. The molecule has 1 aromatic carbocycles. The fourth-order valence-electron chi connectivity index (χ4n) is 4.04. The lowest BCUT2D eigenvalue weighted by Gasteiger charge is -2.38. The molecule has 134 valence electrons. The van der Waals surface area contributed by atoms with Crippen molar-refractivity contribution in [2.75, 3.05) is 5.32 Å². The third-order valence-corrected chi connectivity index (χ3v) is 5.16. The van der Waals surface area contributed by atoms with Gasteiger partial charge in [0, 0.05) is 23.6 Å². The second-order valence-electron chi connectivity index (χ2n) is 8.00. The molecule has 6 nitrogen and oxygen atoms in total. The molecule has 0 amide bonds. The summed E-state index contributed by atoms with van der Waals surface area (Å²) in [4.78, 5) is 42.3. The van der Waals surface area contributed by atoms with Crippen LogP contribution in [0.2, 0.25) is 0 Å². The molecule has 3 N–H and O–H groups in total. The summed E-state index contributed by atoms with van der Waals surface area (Å²) in [5, 5.41) is 3.16. The van der Waals surface area contributed by atoms with E-state index in [9.17, 15) is 14.4 Å². The number of allylic oxidation sites excluding steroid dienone is 2. The Kier molecular flexibility index (Phi) is 3.54. The molecule has 2 aromatic rings. The molecule has 0 fully saturated rings. The average Bonchev–Trinajstić information content (AvgIpc) is 2.52. The quantitative estimate of drug-likeness (QED) is 0.736. The van der Waals surface area contributed by atoms with Gasteiger partial charge in [-0.15, -0.1) is 0 Å². The van der Waals surface area contributed by atoms with Gasteiger partial charge in [-0.25, -0.2) is 4.79 Å². The third kappa shape index (κ3) is 2.62. The summed E-state index contributed by atoms with van der Waals surface area (Å²) >= 11 is 0. The highest BCUT2D eigenvalue weighted by atomic mass is 16.2. The Hall–Kier alpha value is -2.89. The van der Waals surface area contributed by atoms with Crippen LogP contribution in [0.25, 0.3) is 0 Å². The number of anilines is 1. The lowest BCUT2D eigenvalue weighted by Crippen LogP contribution is -2.38. The normalized spacial score (nSPS) is 21.0. The minimum Gasteiger partial charge on any atom is -0.344 e. The van der Waals surface area contributed by atoms with Gasteiger partial charge in [-0.05, 0) is 24.3 Å². The monoisotopic (exact) mass is 351 g/mol. The Morgan fingerprint density at radius 1 is 1.00 bits per heavy atom. The number of hydrogen-bond acceptors (Lipinski definition) is 4. The molecular weight excluding hydrogens is 330 g/mol. The summed E-state index contributed by atoms with van der Waals surface area (Å²) in [5.74, 6) is -0.0507. The third-order valence-electron chi connectivity index (χ3n) is 5.16. The Morgan fingerprint density at radius 2 is 1.69 bits per heavy atom. The zero-order valence-corrected chi connectivity index (χ0v) is 15.0. The minimum absolute atomic E-state index is 0.0468. The zero-order valence-electron chi connectivity index (χ0n) is 15.0. The summed E-state index contributed by atoms with van der Waals surface area (Å²) in [6, 6.07) is 7.82.